The minimum Gasteiger partial charge on any atom is -0.462 e. The molecular formula is C46H81NO9P+. The third-order valence-corrected chi connectivity index (χ3v) is 9.98. The minimum atomic E-state index is -4.41. The van der Waals surface area contributed by atoms with Gasteiger partial charge in [0.25, 0.3) is 0 Å². The number of ketones is 1. The zero-order valence-corrected chi connectivity index (χ0v) is 37.4. The molecule has 57 heavy (non-hydrogen) atoms. The first-order valence-electron chi connectivity index (χ1n) is 22.0. The first-order valence-corrected chi connectivity index (χ1v) is 23.5. The van der Waals surface area contributed by atoms with Crippen molar-refractivity contribution < 1.29 is 46.8 Å². The summed E-state index contributed by atoms with van der Waals surface area (Å²) >= 11 is 0. The number of quaternary nitrogens is 1. The quantitative estimate of drug-likeness (QED) is 0.0123. The molecule has 0 aromatic heterocycles. The molecule has 0 aliphatic carbocycles. The summed E-state index contributed by atoms with van der Waals surface area (Å²) in [6.45, 7) is 4.13. The smallest absolute Gasteiger partial charge is 0.462 e. The molecular weight excluding hydrogens is 741 g/mol. The van der Waals surface area contributed by atoms with Gasteiger partial charge in [-0.3, -0.25) is 23.4 Å². The van der Waals surface area contributed by atoms with E-state index in [0.29, 0.717) is 36.7 Å². The normalized spacial score (nSPS) is 14.1. The Balaban J connectivity index is 4.53. The molecule has 0 aliphatic heterocycles. The lowest BCUT2D eigenvalue weighted by atomic mass is 10.1. The topological polar surface area (TPSA) is 125 Å². The molecule has 0 aromatic carbocycles. The molecule has 0 radical (unpaired) electrons. The number of phosphoric acid groups is 1. The van der Waals surface area contributed by atoms with E-state index in [9.17, 15) is 23.8 Å². The lowest BCUT2D eigenvalue weighted by Crippen LogP contribution is -2.37. The number of unbranched alkanes of at least 4 members (excludes halogenated alkanes) is 14. The number of carbonyl (C=O) groups is 3. The molecule has 0 heterocycles. The summed E-state index contributed by atoms with van der Waals surface area (Å²) in [6, 6.07) is 0. The molecule has 328 valence electrons. The standard InChI is InChI=1S/C46H80NO9P/c1-6-8-10-11-12-13-14-15-16-17-18-19-20-23-27-30-34-38-46(50)56-44(42-55-57(51,52)54-40-39-47(3,4)5)41-53-45(49)37-33-29-26-24-21-22-25-28-32-36-43(48)35-31-9-7-2/h15-16,18-19,23,25,27-28,32,36,44H,6-14,17,20-22,24,26,29-31,33-35,37-42H2,1-5H3/p+1/b16-15-,19-18-,27-23-,28-25-,36-32+/t44-/m1/s1. The highest BCUT2D eigenvalue weighted by atomic mass is 31.2. The van der Waals surface area contributed by atoms with Gasteiger partial charge < -0.3 is 18.9 Å². The van der Waals surface area contributed by atoms with E-state index in [4.69, 9.17) is 18.5 Å². The Bertz CT molecular complexity index is 1220. The van der Waals surface area contributed by atoms with Gasteiger partial charge in [0.15, 0.2) is 11.9 Å². The summed E-state index contributed by atoms with van der Waals surface area (Å²) in [5, 5.41) is 0. The maximum absolute atomic E-state index is 12.7. The number of nitrogens with zero attached hydrogens (tertiary/aromatic N) is 1. The first kappa shape index (κ1) is 54.4. The van der Waals surface area contributed by atoms with Crippen LogP contribution in [0.1, 0.15) is 162 Å². The molecule has 1 unspecified atom stereocenters. The van der Waals surface area contributed by atoms with E-state index in [1.165, 1.54) is 38.5 Å². The molecule has 2 atom stereocenters. The van der Waals surface area contributed by atoms with Crippen molar-refractivity contribution in [2.75, 3.05) is 47.5 Å². The van der Waals surface area contributed by atoms with Gasteiger partial charge in [-0.2, -0.15) is 0 Å². The first-order chi connectivity index (χ1) is 27.4. The fourth-order valence-electron chi connectivity index (χ4n) is 5.48. The lowest BCUT2D eigenvalue weighted by Gasteiger charge is -2.24. The van der Waals surface area contributed by atoms with Gasteiger partial charge in [-0.1, -0.05) is 133 Å². The van der Waals surface area contributed by atoms with Gasteiger partial charge in [0.05, 0.1) is 27.7 Å². The van der Waals surface area contributed by atoms with Crippen LogP contribution >= 0.6 is 7.82 Å². The van der Waals surface area contributed by atoms with Crippen LogP contribution < -0.4 is 0 Å². The number of hydrogen-bond acceptors (Lipinski definition) is 8. The lowest BCUT2D eigenvalue weighted by molar-refractivity contribution is -0.870. The fraction of sp³-hybridized carbons (Fsp3) is 0.717. The van der Waals surface area contributed by atoms with Crippen LogP contribution in [0.25, 0.3) is 0 Å². The summed E-state index contributed by atoms with van der Waals surface area (Å²) in [5.41, 5.74) is 0. The molecule has 0 aromatic rings. The Kier molecular flexibility index (Phi) is 35.9. The molecule has 0 spiro atoms. The van der Waals surface area contributed by atoms with Gasteiger partial charge in [-0.25, -0.2) is 4.57 Å². The van der Waals surface area contributed by atoms with Crippen molar-refractivity contribution in [1.82, 2.24) is 0 Å². The Hall–Kier alpha value is -2.62. The number of phosphoric ester groups is 1. The van der Waals surface area contributed by atoms with Crippen molar-refractivity contribution in [3.05, 3.63) is 60.8 Å². The molecule has 11 heteroatoms. The monoisotopic (exact) mass is 823 g/mol. The van der Waals surface area contributed by atoms with Crippen molar-refractivity contribution in [2.24, 2.45) is 0 Å². The average molecular weight is 823 g/mol. The van der Waals surface area contributed by atoms with Crippen LogP contribution in [0.2, 0.25) is 0 Å². The highest BCUT2D eigenvalue weighted by molar-refractivity contribution is 7.47. The number of allylic oxidation sites excluding steroid dienone is 10. The van der Waals surface area contributed by atoms with Gasteiger partial charge in [-0.15, -0.1) is 0 Å². The zero-order chi connectivity index (χ0) is 42.3. The summed E-state index contributed by atoms with van der Waals surface area (Å²) in [6.07, 6.45) is 41.1. The van der Waals surface area contributed by atoms with Crippen LogP contribution in [0, 0.1) is 0 Å². The van der Waals surface area contributed by atoms with Gasteiger partial charge in [-0.05, 0) is 70.3 Å². The van der Waals surface area contributed by atoms with Gasteiger partial charge >= 0.3 is 19.8 Å². The molecule has 0 rings (SSSR count). The summed E-state index contributed by atoms with van der Waals surface area (Å²) in [4.78, 5) is 47.1. The number of hydrogen-bond donors (Lipinski definition) is 1. The van der Waals surface area contributed by atoms with E-state index in [0.717, 1.165) is 70.6 Å². The van der Waals surface area contributed by atoms with Crippen molar-refractivity contribution >= 4 is 25.5 Å². The Morgan fingerprint density at radius 1 is 0.596 bits per heavy atom. The van der Waals surface area contributed by atoms with Crippen molar-refractivity contribution in [3.8, 4) is 0 Å². The summed E-state index contributed by atoms with van der Waals surface area (Å²) < 4.78 is 34.2. The number of carbonyl (C=O) groups excluding carboxylic acids is 3. The van der Waals surface area contributed by atoms with Gasteiger partial charge in [0, 0.05) is 19.3 Å². The summed E-state index contributed by atoms with van der Waals surface area (Å²) in [5.74, 6) is -0.750. The number of likely N-dealkylation sites (N-methyl/N-ethyl adjacent to an activating group) is 1. The molecule has 0 aliphatic rings. The van der Waals surface area contributed by atoms with E-state index in [1.54, 1.807) is 6.08 Å². The maximum atomic E-state index is 12.7. The van der Waals surface area contributed by atoms with E-state index in [-0.39, 0.29) is 31.8 Å². The number of rotatable bonds is 39. The maximum Gasteiger partial charge on any atom is 0.472 e. The molecule has 0 fully saturated rings. The average Bonchev–Trinajstić information content (AvgIpc) is 3.15. The highest BCUT2D eigenvalue weighted by Crippen LogP contribution is 2.43. The fourth-order valence-corrected chi connectivity index (χ4v) is 6.22. The highest BCUT2D eigenvalue weighted by Gasteiger charge is 2.27. The SMILES string of the molecule is CCCCCCCC/C=C\C/C=C\C/C=C\CCCC(=O)O[C@H](COC(=O)CCCCCCC/C=C\C=C\C(=O)CCCCC)COP(=O)(O)OCC[N+](C)(C)C. The third-order valence-electron chi connectivity index (χ3n) is 9.00. The van der Waals surface area contributed by atoms with Crippen molar-refractivity contribution in [1.29, 1.82) is 0 Å². The largest absolute Gasteiger partial charge is 0.472 e. The Morgan fingerprint density at radius 2 is 1.12 bits per heavy atom. The van der Waals surface area contributed by atoms with Gasteiger partial charge in [0.2, 0.25) is 0 Å². The van der Waals surface area contributed by atoms with Crippen LogP contribution in [0.15, 0.2) is 60.8 Å². The molecule has 0 saturated carbocycles. The minimum absolute atomic E-state index is 0.00580. The second-order valence-electron chi connectivity index (χ2n) is 15.8. The number of ether oxygens (including phenoxy) is 2. The van der Waals surface area contributed by atoms with Crippen LogP contribution in [0.4, 0.5) is 0 Å². The molecule has 10 nitrogen and oxygen atoms in total. The van der Waals surface area contributed by atoms with E-state index in [2.05, 4.69) is 50.3 Å². The van der Waals surface area contributed by atoms with E-state index < -0.39 is 32.5 Å². The molecule has 0 saturated heterocycles. The predicted molar refractivity (Wildman–Crippen MR) is 234 cm³/mol. The van der Waals surface area contributed by atoms with Crippen LogP contribution in [0.3, 0.4) is 0 Å². The zero-order valence-electron chi connectivity index (χ0n) is 36.6. The van der Waals surface area contributed by atoms with Crippen LogP contribution in [-0.4, -0.2) is 80.7 Å². The Labute approximate surface area is 347 Å². The molecule has 0 amide bonds. The Morgan fingerprint density at radius 3 is 1.77 bits per heavy atom. The second-order valence-corrected chi connectivity index (χ2v) is 17.2. The van der Waals surface area contributed by atoms with E-state index in [1.807, 2.05) is 39.4 Å². The van der Waals surface area contributed by atoms with Crippen LogP contribution in [0.5, 0.6) is 0 Å². The second kappa shape index (κ2) is 37.6. The molecule has 1 N–H and O–H groups in total. The van der Waals surface area contributed by atoms with Gasteiger partial charge in [0.1, 0.15) is 19.8 Å². The number of esters is 2. The summed E-state index contributed by atoms with van der Waals surface area (Å²) in [7, 11) is 1.39. The van der Waals surface area contributed by atoms with Crippen molar-refractivity contribution in [2.45, 2.75) is 168 Å². The van der Waals surface area contributed by atoms with Crippen LogP contribution in [-0.2, 0) is 37.5 Å². The predicted octanol–water partition coefficient (Wildman–Crippen LogP) is 11.6. The molecule has 0 bridgehead atoms. The third kappa shape index (κ3) is 41.3. The van der Waals surface area contributed by atoms with E-state index >= 15 is 0 Å². The van der Waals surface area contributed by atoms with Crippen molar-refractivity contribution in [3.63, 3.8) is 0 Å².